The zero-order valence-corrected chi connectivity index (χ0v) is 12.8. The molecule has 0 saturated heterocycles. The van der Waals surface area contributed by atoms with Gasteiger partial charge in [-0.3, -0.25) is 0 Å². The van der Waals surface area contributed by atoms with Gasteiger partial charge >= 0.3 is 0 Å². The van der Waals surface area contributed by atoms with E-state index >= 15 is 0 Å². The minimum absolute atomic E-state index is 0.589. The van der Waals surface area contributed by atoms with E-state index in [0.717, 1.165) is 25.3 Å². The van der Waals surface area contributed by atoms with Crippen molar-refractivity contribution in [3.05, 3.63) is 42.2 Å². The summed E-state index contributed by atoms with van der Waals surface area (Å²) in [5.41, 5.74) is 1.23. The van der Waals surface area contributed by atoms with Gasteiger partial charge in [0.1, 0.15) is 11.6 Å². The Kier molecular flexibility index (Phi) is 5.37. The van der Waals surface area contributed by atoms with Crippen LogP contribution in [0.4, 0.5) is 11.5 Å². The first kappa shape index (κ1) is 15.1. The van der Waals surface area contributed by atoms with Crippen LogP contribution in [0.25, 0.3) is 0 Å². The topological polar surface area (TPSA) is 50.3 Å². The van der Waals surface area contributed by atoms with Crippen molar-refractivity contribution >= 4 is 11.5 Å². The van der Waals surface area contributed by atoms with Gasteiger partial charge in [-0.2, -0.15) is 4.98 Å². The lowest BCUT2D eigenvalue weighted by atomic mass is 10.3. The lowest BCUT2D eigenvalue weighted by molar-refractivity contribution is 0.396. The fraction of sp³-hybridized carbons (Fsp3) is 0.375. The lowest BCUT2D eigenvalue weighted by Crippen LogP contribution is -2.20. The van der Waals surface area contributed by atoms with Crippen molar-refractivity contribution in [3.8, 4) is 5.88 Å². The minimum Gasteiger partial charge on any atom is -0.481 e. The number of benzene rings is 1. The normalized spacial score (nSPS) is 10.2. The molecule has 0 radical (unpaired) electrons. The van der Waals surface area contributed by atoms with Gasteiger partial charge in [-0.05, 0) is 25.5 Å². The summed E-state index contributed by atoms with van der Waals surface area (Å²) >= 11 is 0. The average molecular weight is 286 g/mol. The number of rotatable bonds is 7. The highest BCUT2D eigenvalue weighted by Crippen LogP contribution is 2.13. The van der Waals surface area contributed by atoms with E-state index in [1.807, 2.05) is 19.1 Å². The van der Waals surface area contributed by atoms with Crippen LogP contribution in [0, 0.1) is 6.92 Å². The fourth-order valence-corrected chi connectivity index (χ4v) is 2.08. The second-order valence-electron chi connectivity index (χ2n) is 4.88. The molecule has 0 saturated carbocycles. The van der Waals surface area contributed by atoms with E-state index in [4.69, 9.17) is 4.74 Å². The zero-order chi connectivity index (χ0) is 15.1. The molecule has 2 aromatic rings. The van der Waals surface area contributed by atoms with Crippen LogP contribution >= 0.6 is 0 Å². The molecular weight excluding hydrogens is 264 g/mol. The molecule has 0 spiro atoms. The van der Waals surface area contributed by atoms with Crippen molar-refractivity contribution in [1.82, 2.24) is 9.97 Å². The molecule has 0 fully saturated rings. The number of ether oxygens (including phenoxy) is 1. The highest BCUT2D eigenvalue weighted by Gasteiger charge is 2.02. The quantitative estimate of drug-likeness (QED) is 0.793. The third kappa shape index (κ3) is 4.63. The SMILES string of the molecule is COc1cc(NCCCN(C)c2ccccc2)nc(C)n1. The summed E-state index contributed by atoms with van der Waals surface area (Å²) in [6.07, 6.45) is 1.02. The van der Waals surface area contributed by atoms with Crippen molar-refractivity contribution in [3.63, 3.8) is 0 Å². The Morgan fingerprint density at radius 2 is 1.95 bits per heavy atom. The van der Waals surface area contributed by atoms with Crippen LogP contribution in [0.5, 0.6) is 5.88 Å². The van der Waals surface area contributed by atoms with E-state index in [2.05, 4.69) is 51.5 Å². The highest BCUT2D eigenvalue weighted by molar-refractivity contribution is 5.45. The van der Waals surface area contributed by atoms with E-state index in [1.54, 1.807) is 7.11 Å². The second-order valence-corrected chi connectivity index (χ2v) is 4.88. The summed E-state index contributed by atoms with van der Waals surface area (Å²) in [6.45, 7) is 3.70. The molecule has 0 amide bonds. The third-order valence-electron chi connectivity index (χ3n) is 3.20. The maximum absolute atomic E-state index is 5.14. The molecule has 1 N–H and O–H groups in total. The molecule has 0 aliphatic heterocycles. The predicted octanol–water partition coefficient (Wildman–Crippen LogP) is 2.73. The first-order valence-electron chi connectivity index (χ1n) is 7.09. The molecule has 0 atom stereocenters. The van der Waals surface area contributed by atoms with Gasteiger partial charge in [-0.1, -0.05) is 18.2 Å². The van der Waals surface area contributed by atoms with Crippen LogP contribution in [0.15, 0.2) is 36.4 Å². The molecule has 112 valence electrons. The molecule has 0 bridgehead atoms. The van der Waals surface area contributed by atoms with Gasteiger partial charge in [0, 0.05) is 31.9 Å². The molecule has 1 aromatic heterocycles. The Labute approximate surface area is 126 Å². The minimum atomic E-state index is 0.589. The van der Waals surface area contributed by atoms with Crippen LogP contribution in [0.3, 0.4) is 0 Å². The van der Waals surface area contributed by atoms with Crippen molar-refractivity contribution in [2.24, 2.45) is 0 Å². The summed E-state index contributed by atoms with van der Waals surface area (Å²) < 4.78 is 5.14. The van der Waals surface area contributed by atoms with Crippen molar-refractivity contribution in [2.45, 2.75) is 13.3 Å². The Morgan fingerprint density at radius 1 is 1.19 bits per heavy atom. The number of methoxy groups -OCH3 is 1. The van der Waals surface area contributed by atoms with Crippen LogP contribution in [-0.2, 0) is 0 Å². The maximum Gasteiger partial charge on any atom is 0.218 e. The number of hydrogen-bond donors (Lipinski definition) is 1. The van der Waals surface area contributed by atoms with Crippen molar-refractivity contribution < 1.29 is 4.74 Å². The number of nitrogens with one attached hydrogen (secondary N) is 1. The molecule has 5 heteroatoms. The summed E-state index contributed by atoms with van der Waals surface area (Å²) in [5, 5.41) is 3.31. The van der Waals surface area contributed by atoms with Crippen LogP contribution in [0.2, 0.25) is 0 Å². The van der Waals surface area contributed by atoms with Crippen molar-refractivity contribution in [2.75, 3.05) is 37.5 Å². The summed E-state index contributed by atoms with van der Waals surface area (Å²) in [5.74, 6) is 2.10. The zero-order valence-electron chi connectivity index (χ0n) is 12.8. The first-order valence-corrected chi connectivity index (χ1v) is 7.09. The Hall–Kier alpha value is -2.30. The maximum atomic E-state index is 5.14. The number of para-hydroxylation sites is 1. The number of aromatic nitrogens is 2. The lowest BCUT2D eigenvalue weighted by Gasteiger charge is -2.19. The first-order chi connectivity index (χ1) is 10.2. The monoisotopic (exact) mass is 286 g/mol. The summed E-state index contributed by atoms with van der Waals surface area (Å²) in [6, 6.07) is 12.2. The van der Waals surface area contributed by atoms with Gasteiger partial charge in [-0.15, -0.1) is 0 Å². The molecule has 1 aromatic carbocycles. The molecule has 0 unspecified atom stereocenters. The van der Waals surface area contributed by atoms with Crippen LogP contribution < -0.4 is 15.0 Å². The number of anilines is 2. The second kappa shape index (κ2) is 7.47. The molecule has 0 aliphatic carbocycles. The standard InChI is InChI=1S/C16H22N4O/c1-13-18-15(12-16(19-13)21-3)17-10-7-11-20(2)14-8-5-4-6-9-14/h4-6,8-9,12H,7,10-11H2,1-3H3,(H,17,18,19). The smallest absolute Gasteiger partial charge is 0.218 e. The number of aryl methyl sites for hydroxylation is 1. The summed E-state index contributed by atoms with van der Waals surface area (Å²) in [4.78, 5) is 10.8. The number of nitrogens with zero attached hydrogens (tertiary/aromatic N) is 3. The molecule has 2 rings (SSSR count). The van der Waals surface area contributed by atoms with E-state index in [0.29, 0.717) is 11.7 Å². The molecule has 1 heterocycles. The highest BCUT2D eigenvalue weighted by atomic mass is 16.5. The molecule has 21 heavy (non-hydrogen) atoms. The van der Waals surface area contributed by atoms with E-state index in [9.17, 15) is 0 Å². The molecular formula is C16H22N4O. The van der Waals surface area contributed by atoms with Crippen LogP contribution in [-0.4, -0.2) is 37.2 Å². The molecule has 0 aliphatic rings. The van der Waals surface area contributed by atoms with Gasteiger partial charge in [0.2, 0.25) is 5.88 Å². The van der Waals surface area contributed by atoms with Gasteiger partial charge in [0.15, 0.2) is 0 Å². The largest absolute Gasteiger partial charge is 0.481 e. The Morgan fingerprint density at radius 3 is 2.67 bits per heavy atom. The van der Waals surface area contributed by atoms with Gasteiger partial charge in [-0.25, -0.2) is 4.98 Å². The molecule has 5 nitrogen and oxygen atoms in total. The van der Waals surface area contributed by atoms with Crippen molar-refractivity contribution in [1.29, 1.82) is 0 Å². The predicted molar refractivity (Wildman–Crippen MR) is 86.1 cm³/mol. The van der Waals surface area contributed by atoms with Gasteiger partial charge in [0.05, 0.1) is 7.11 Å². The van der Waals surface area contributed by atoms with Gasteiger partial charge in [0.25, 0.3) is 0 Å². The Balaban J connectivity index is 1.78. The van der Waals surface area contributed by atoms with E-state index in [-0.39, 0.29) is 0 Å². The summed E-state index contributed by atoms with van der Waals surface area (Å²) in [7, 11) is 3.72. The van der Waals surface area contributed by atoms with E-state index in [1.165, 1.54) is 5.69 Å². The van der Waals surface area contributed by atoms with Crippen LogP contribution in [0.1, 0.15) is 12.2 Å². The van der Waals surface area contributed by atoms with Gasteiger partial charge < -0.3 is 15.0 Å². The third-order valence-corrected chi connectivity index (χ3v) is 3.20. The van der Waals surface area contributed by atoms with E-state index < -0.39 is 0 Å². The average Bonchev–Trinajstić information content (AvgIpc) is 2.51. The fourth-order valence-electron chi connectivity index (χ4n) is 2.08. The number of hydrogen-bond acceptors (Lipinski definition) is 5. The Bertz CT molecular complexity index is 559.